The van der Waals surface area contributed by atoms with Crippen molar-refractivity contribution < 1.29 is 9.53 Å². The molecule has 3 aromatic carbocycles. The largest absolute Gasteiger partial charge is 0.484 e. The van der Waals surface area contributed by atoms with E-state index in [4.69, 9.17) is 10.00 Å². The van der Waals surface area contributed by atoms with Crippen LogP contribution in [0.15, 0.2) is 66.7 Å². The fraction of sp³-hybridized carbons (Fsp3) is 0.143. The molecule has 0 radical (unpaired) electrons. The summed E-state index contributed by atoms with van der Waals surface area (Å²) in [6, 6.07) is 23.1. The summed E-state index contributed by atoms with van der Waals surface area (Å²) >= 11 is 0. The third-order valence-electron chi connectivity index (χ3n) is 4.01. The minimum atomic E-state index is -0.0995. The van der Waals surface area contributed by atoms with Crippen molar-refractivity contribution in [1.82, 2.24) is 4.90 Å². The van der Waals surface area contributed by atoms with E-state index in [0.717, 1.165) is 10.9 Å². The van der Waals surface area contributed by atoms with Crippen LogP contribution in [0.3, 0.4) is 0 Å². The number of rotatable bonds is 5. The summed E-state index contributed by atoms with van der Waals surface area (Å²) in [5.41, 5.74) is 1.64. The number of carbonyl (C=O) groups is 1. The lowest BCUT2D eigenvalue weighted by Gasteiger charge is -2.18. The summed E-state index contributed by atoms with van der Waals surface area (Å²) in [6.07, 6.45) is 0. The number of carbonyl (C=O) groups excluding carboxylic acids is 1. The maximum atomic E-state index is 12.3. The molecule has 0 bridgehead atoms. The lowest BCUT2D eigenvalue weighted by Crippen LogP contribution is -2.30. The predicted molar refractivity (Wildman–Crippen MR) is 97.1 cm³/mol. The van der Waals surface area contributed by atoms with Crippen LogP contribution in [-0.4, -0.2) is 24.5 Å². The van der Waals surface area contributed by atoms with Crippen LogP contribution in [0.25, 0.3) is 10.8 Å². The van der Waals surface area contributed by atoms with Gasteiger partial charge in [-0.05, 0) is 46.7 Å². The van der Waals surface area contributed by atoms with Gasteiger partial charge < -0.3 is 9.64 Å². The average Bonchev–Trinajstić information content (AvgIpc) is 2.66. The smallest absolute Gasteiger partial charge is 0.260 e. The highest BCUT2D eigenvalue weighted by Gasteiger charge is 2.10. The number of nitriles is 1. The first kappa shape index (κ1) is 16.5. The average molecular weight is 330 g/mol. The van der Waals surface area contributed by atoms with Crippen LogP contribution in [0.5, 0.6) is 5.75 Å². The van der Waals surface area contributed by atoms with Gasteiger partial charge in [0.25, 0.3) is 5.91 Å². The predicted octanol–water partition coefficient (Wildman–Crippen LogP) is 3.75. The molecule has 0 aliphatic heterocycles. The molecule has 3 rings (SSSR count). The number of hydrogen-bond acceptors (Lipinski definition) is 3. The lowest BCUT2D eigenvalue weighted by atomic mass is 10.1. The molecule has 0 heterocycles. The zero-order valence-corrected chi connectivity index (χ0v) is 14.0. The molecule has 0 fully saturated rings. The van der Waals surface area contributed by atoms with Crippen LogP contribution >= 0.6 is 0 Å². The fourth-order valence-corrected chi connectivity index (χ4v) is 2.58. The summed E-state index contributed by atoms with van der Waals surface area (Å²) in [5, 5.41) is 11.1. The number of benzene rings is 3. The fourth-order valence-electron chi connectivity index (χ4n) is 2.58. The van der Waals surface area contributed by atoms with Crippen LogP contribution in [0.2, 0.25) is 0 Å². The van der Waals surface area contributed by atoms with Gasteiger partial charge in [0, 0.05) is 13.6 Å². The first-order valence-electron chi connectivity index (χ1n) is 8.00. The first-order valence-corrected chi connectivity index (χ1v) is 8.00. The maximum absolute atomic E-state index is 12.3. The van der Waals surface area contributed by atoms with Gasteiger partial charge in [-0.3, -0.25) is 4.79 Å². The maximum Gasteiger partial charge on any atom is 0.260 e. The molecule has 0 aliphatic carbocycles. The Morgan fingerprint density at radius 1 is 1.04 bits per heavy atom. The Morgan fingerprint density at radius 3 is 2.48 bits per heavy atom. The Morgan fingerprint density at radius 2 is 1.76 bits per heavy atom. The highest BCUT2D eigenvalue weighted by molar-refractivity contribution is 5.83. The molecule has 0 saturated carbocycles. The van der Waals surface area contributed by atoms with Crippen LogP contribution in [-0.2, 0) is 11.3 Å². The number of hydrogen-bond donors (Lipinski definition) is 0. The minimum Gasteiger partial charge on any atom is -0.484 e. The van der Waals surface area contributed by atoms with Gasteiger partial charge in [-0.1, -0.05) is 36.4 Å². The van der Waals surface area contributed by atoms with Gasteiger partial charge in [0.1, 0.15) is 5.75 Å². The van der Waals surface area contributed by atoms with E-state index in [-0.39, 0.29) is 12.5 Å². The molecule has 0 N–H and O–H groups in total. The topological polar surface area (TPSA) is 53.3 Å². The number of nitrogens with zero attached hydrogens (tertiary/aromatic N) is 2. The highest BCUT2D eigenvalue weighted by atomic mass is 16.5. The van der Waals surface area contributed by atoms with Crippen LogP contribution in [0.4, 0.5) is 0 Å². The van der Waals surface area contributed by atoms with Gasteiger partial charge in [-0.25, -0.2) is 0 Å². The standard InChI is InChI=1S/C21H18N2O2/c1-23(14-17-6-9-18-4-2-3-5-19(18)12-17)21(24)15-25-20-10-7-16(13-22)8-11-20/h2-12H,14-15H2,1H3. The highest BCUT2D eigenvalue weighted by Crippen LogP contribution is 2.17. The third kappa shape index (κ3) is 4.15. The molecule has 4 heteroatoms. The first-order chi connectivity index (χ1) is 12.2. The van der Waals surface area contributed by atoms with Gasteiger partial charge in [0.15, 0.2) is 6.61 Å². The number of ether oxygens (including phenoxy) is 1. The Balaban J connectivity index is 1.58. The van der Waals surface area contributed by atoms with Crippen LogP contribution in [0.1, 0.15) is 11.1 Å². The number of fused-ring (bicyclic) bond motifs is 1. The number of amides is 1. The van der Waals surface area contributed by atoms with E-state index in [1.54, 1.807) is 36.2 Å². The van der Waals surface area contributed by atoms with Gasteiger partial charge in [0.2, 0.25) is 0 Å². The molecule has 0 saturated heterocycles. The van der Waals surface area contributed by atoms with Crippen molar-refractivity contribution >= 4 is 16.7 Å². The molecule has 25 heavy (non-hydrogen) atoms. The third-order valence-corrected chi connectivity index (χ3v) is 4.01. The van der Waals surface area contributed by atoms with Gasteiger partial charge in [0.05, 0.1) is 11.6 Å². The van der Waals surface area contributed by atoms with Crippen molar-refractivity contribution in [2.24, 2.45) is 0 Å². The molecular formula is C21H18N2O2. The quantitative estimate of drug-likeness (QED) is 0.716. The monoisotopic (exact) mass is 330 g/mol. The number of likely N-dealkylation sites (N-methyl/N-ethyl adjacent to an activating group) is 1. The van der Waals surface area contributed by atoms with Gasteiger partial charge in [-0.2, -0.15) is 5.26 Å². The Bertz CT molecular complexity index is 927. The summed E-state index contributed by atoms with van der Waals surface area (Å²) < 4.78 is 5.50. The van der Waals surface area contributed by atoms with E-state index in [0.29, 0.717) is 17.9 Å². The minimum absolute atomic E-state index is 0.0318. The summed E-state index contributed by atoms with van der Waals surface area (Å²) in [6.45, 7) is 0.496. The zero-order chi connectivity index (χ0) is 17.6. The molecule has 124 valence electrons. The van der Waals surface area contributed by atoms with E-state index in [9.17, 15) is 4.79 Å². The molecule has 3 aromatic rings. The zero-order valence-electron chi connectivity index (χ0n) is 14.0. The van der Waals surface area contributed by atoms with Crippen molar-refractivity contribution in [3.63, 3.8) is 0 Å². The van der Waals surface area contributed by atoms with Crippen molar-refractivity contribution in [1.29, 1.82) is 5.26 Å². The summed E-state index contributed by atoms with van der Waals surface area (Å²) in [5.74, 6) is 0.476. The summed E-state index contributed by atoms with van der Waals surface area (Å²) in [7, 11) is 1.76. The molecule has 0 unspecified atom stereocenters. The van der Waals surface area contributed by atoms with Gasteiger partial charge in [-0.15, -0.1) is 0 Å². The normalized spacial score (nSPS) is 10.2. The Hall–Kier alpha value is -3.32. The molecule has 0 spiro atoms. The Kier molecular flexibility index (Phi) is 4.96. The van der Waals surface area contributed by atoms with E-state index in [1.165, 1.54) is 5.39 Å². The van der Waals surface area contributed by atoms with Crippen LogP contribution in [0, 0.1) is 11.3 Å². The molecule has 0 aliphatic rings. The Labute approximate surface area is 146 Å². The van der Waals surface area contributed by atoms with Crippen molar-refractivity contribution in [2.45, 2.75) is 6.54 Å². The van der Waals surface area contributed by atoms with Crippen LogP contribution < -0.4 is 4.74 Å². The second-order valence-corrected chi connectivity index (χ2v) is 5.86. The molecule has 4 nitrogen and oxygen atoms in total. The van der Waals surface area contributed by atoms with Crippen molar-refractivity contribution in [3.05, 3.63) is 77.9 Å². The van der Waals surface area contributed by atoms with Crippen molar-refractivity contribution in [2.75, 3.05) is 13.7 Å². The molecule has 1 amide bonds. The molecule has 0 atom stereocenters. The van der Waals surface area contributed by atoms with E-state index in [1.807, 2.05) is 24.3 Å². The van der Waals surface area contributed by atoms with E-state index < -0.39 is 0 Å². The summed E-state index contributed by atoms with van der Waals surface area (Å²) in [4.78, 5) is 13.9. The van der Waals surface area contributed by atoms with E-state index >= 15 is 0 Å². The van der Waals surface area contributed by atoms with Crippen molar-refractivity contribution in [3.8, 4) is 11.8 Å². The molecule has 0 aromatic heterocycles. The second-order valence-electron chi connectivity index (χ2n) is 5.86. The molecular weight excluding hydrogens is 312 g/mol. The van der Waals surface area contributed by atoms with Gasteiger partial charge >= 0.3 is 0 Å². The van der Waals surface area contributed by atoms with E-state index in [2.05, 4.69) is 24.3 Å². The SMILES string of the molecule is CN(Cc1ccc2ccccc2c1)C(=O)COc1ccc(C#N)cc1. The second kappa shape index (κ2) is 7.50. The lowest BCUT2D eigenvalue weighted by molar-refractivity contribution is -0.132.